The second kappa shape index (κ2) is 8.64. The summed E-state index contributed by atoms with van der Waals surface area (Å²) in [6, 6.07) is 0. The fraction of sp³-hybridized carbons (Fsp3) is 0.444. The van der Waals surface area contributed by atoms with Gasteiger partial charge in [0.15, 0.2) is 0 Å². The minimum absolute atomic E-state index is 0.370. The van der Waals surface area contributed by atoms with Crippen molar-refractivity contribution in [3.63, 3.8) is 0 Å². The molecule has 1 amide bonds. The number of carbonyl (C=O) groups excluding carboxylic acids is 1. The van der Waals surface area contributed by atoms with E-state index in [2.05, 4.69) is 10.1 Å². The molecule has 0 aliphatic rings. The molecule has 4 nitrogen and oxygen atoms in total. The largest absolute Gasteiger partial charge is 0.501 e. The molecule has 0 saturated carbocycles. The molecular formula is C9H15NO3. The van der Waals surface area contributed by atoms with Crippen molar-refractivity contribution in [1.82, 2.24) is 5.32 Å². The molecule has 0 atom stereocenters. The van der Waals surface area contributed by atoms with Gasteiger partial charge in [-0.2, -0.15) is 0 Å². The summed E-state index contributed by atoms with van der Waals surface area (Å²) in [6.45, 7) is 4.65. The molecule has 0 unspecified atom stereocenters. The van der Waals surface area contributed by atoms with Crippen LogP contribution in [0.5, 0.6) is 0 Å². The van der Waals surface area contributed by atoms with Crippen LogP contribution in [0, 0.1) is 0 Å². The van der Waals surface area contributed by atoms with E-state index < -0.39 is 6.09 Å². The van der Waals surface area contributed by atoms with Crippen LogP contribution in [0.3, 0.4) is 0 Å². The lowest BCUT2D eigenvalue weighted by Crippen LogP contribution is -2.17. The molecular weight excluding hydrogens is 170 g/mol. The van der Waals surface area contributed by atoms with Crippen molar-refractivity contribution in [3.05, 3.63) is 24.6 Å². The molecule has 0 saturated heterocycles. The van der Waals surface area contributed by atoms with Gasteiger partial charge in [-0.1, -0.05) is 0 Å². The number of alkyl carbamates (subject to hydrolysis) is 1. The van der Waals surface area contributed by atoms with Crippen LogP contribution >= 0.6 is 0 Å². The topological polar surface area (TPSA) is 47.6 Å². The number of ether oxygens (including phenoxy) is 2. The van der Waals surface area contributed by atoms with Crippen molar-refractivity contribution in [2.75, 3.05) is 13.2 Å². The van der Waals surface area contributed by atoms with Crippen LogP contribution in [0.4, 0.5) is 4.79 Å². The molecule has 0 aliphatic heterocycles. The molecule has 1 N–H and O–H groups in total. The first-order valence-corrected chi connectivity index (χ1v) is 4.17. The lowest BCUT2D eigenvalue weighted by atomic mass is 10.6. The van der Waals surface area contributed by atoms with Crippen LogP contribution in [0.25, 0.3) is 0 Å². The highest BCUT2D eigenvalue weighted by molar-refractivity contribution is 5.68. The van der Waals surface area contributed by atoms with Crippen LogP contribution in [-0.4, -0.2) is 19.3 Å². The molecule has 0 rings (SSSR count). The molecule has 13 heavy (non-hydrogen) atoms. The van der Waals surface area contributed by atoms with Crippen molar-refractivity contribution in [2.24, 2.45) is 0 Å². The Hall–Kier alpha value is -1.45. The molecule has 0 aromatic heterocycles. The van der Waals surface area contributed by atoms with E-state index in [9.17, 15) is 4.79 Å². The zero-order valence-electron chi connectivity index (χ0n) is 7.95. The van der Waals surface area contributed by atoms with Crippen LogP contribution in [0.2, 0.25) is 0 Å². The summed E-state index contributed by atoms with van der Waals surface area (Å²) < 4.78 is 9.53. The highest BCUT2D eigenvalue weighted by Gasteiger charge is 1.92. The maximum atomic E-state index is 10.7. The molecule has 74 valence electrons. The first-order valence-electron chi connectivity index (χ1n) is 4.17. The standard InChI is InChI=1S/C9H15NO3/c1-3-12-8-6-5-7-10-9(11)13-4-2/h5-8H,3-4H2,1-2H3,(H,10,11)/b7-5+,8-6+. The fourth-order valence-corrected chi connectivity index (χ4v) is 0.542. The van der Waals surface area contributed by atoms with E-state index in [1.165, 1.54) is 6.20 Å². The van der Waals surface area contributed by atoms with Crippen molar-refractivity contribution >= 4 is 6.09 Å². The van der Waals surface area contributed by atoms with E-state index in [-0.39, 0.29) is 0 Å². The Balaban J connectivity index is 3.45. The van der Waals surface area contributed by atoms with Crippen LogP contribution in [-0.2, 0) is 9.47 Å². The number of amides is 1. The Morgan fingerprint density at radius 1 is 1.31 bits per heavy atom. The Morgan fingerprint density at radius 2 is 2.08 bits per heavy atom. The average molecular weight is 185 g/mol. The van der Waals surface area contributed by atoms with E-state index in [0.29, 0.717) is 13.2 Å². The van der Waals surface area contributed by atoms with E-state index in [4.69, 9.17) is 4.74 Å². The van der Waals surface area contributed by atoms with Crippen LogP contribution in [0.1, 0.15) is 13.8 Å². The Morgan fingerprint density at radius 3 is 2.69 bits per heavy atom. The average Bonchev–Trinajstić information content (AvgIpc) is 2.11. The zero-order valence-corrected chi connectivity index (χ0v) is 7.95. The van der Waals surface area contributed by atoms with E-state index in [1.807, 2.05) is 6.92 Å². The molecule has 0 radical (unpaired) electrons. The molecule has 0 aromatic carbocycles. The van der Waals surface area contributed by atoms with Gasteiger partial charge in [0.05, 0.1) is 19.5 Å². The van der Waals surface area contributed by atoms with Crippen molar-refractivity contribution in [3.8, 4) is 0 Å². The summed E-state index contributed by atoms with van der Waals surface area (Å²) in [7, 11) is 0. The van der Waals surface area contributed by atoms with Gasteiger partial charge in [-0.05, 0) is 26.0 Å². The second-order valence-electron chi connectivity index (χ2n) is 2.01. The summed E-state index contributed by atoms with van der Waals surface area (Å²) >= 11 is 0. The van der Waals surface area contributed by atoms with E-state index in [1.54, 1.807) is 25.3 Å². The number of hydrogen-bond donors (Lipinski definition) is 1. The summed E-state index contributed by atoms with van der Waals surface area (Å²) in [5.74, 6) is 0. The molecule has 0 heterocycles. The second-order valence-corrected chi connectivity index (χ2v) is 2.01. The summed E-state index contributed by atoms with van der Waals surface area (Å²) in [6.07, 6.45) is 5.89. The fourth-order valence-electron chi connectivity index (χ4n) is 0.542. The SMILES string of the molecule is CCO/C=C/C=C/NC(=O)OCC. The Kier molecular flexibility index (Phi) is 7.68. The minimum Gasteiger partial charge on any atom is -0.501 e. The highest BCUT2D eigenvalue weighted by atomic mass is 16.5. The third-order valence-corrected chi connectivity index (χ3v) is 1.03. The molecule has 0 aliphatic carbocycles. The van der Waals surface area contributed by atoms with E-state index in [0.717, 1.165) is 0 Å². The van der Waals surface area contributed by atoms with Crippen molar-refractivity contribution in [1.29, 1.82) is 0 Å². The van der Waals surface area contributed by atoms with Gasteiger partial charge in [0.2, 0.25) is 0 Å². The minimum atomic E-state index is -0.455. The zero-order chi connectivity index (χ0) is 9.94. The molecule has 0 aromatic rings. The van der Waals surface area contributed by atoms with Gasteiger partial charge in [0, 0.05) is 6.20 Å². The van der Waals surface area contributed by atoms with Crippen LogP contribution < -0.4 is 5.32 Å². The number of rotatable bonds is 5. The summed E-state index contributed by atoms with van der Waals surface area (Å²) in [5, 5.41) is 2.41. The third kappa shape index (κ3) is 8.46. The lowest BCUT2D eigenvalue weighted by Gasteiger charge is -1.97. The van der Waals surface area contributed by atoms with Crippen LogP contribution in [0.15, 0.2) is 24.6 Å². The highest BCUT2D eigenvalue weighted by Crippen LogP contribution is 1.80. The van der Waals surface area contributed by atoms with Gasteiger partial charge >= 0.3 is 6.09 Å². The lowest BCUT2D eigenvalue weighted by molar-refractivity contribution is 0.156. The number of allylic oxidation sites excluding steroid dienone is 2. The van der Waals surface area contributed by atoms with Gasteiger partial charge in [-0.25, -0.2) is 4.79 Å². The Labute approximate surface area is 78.2 Å². The van der Waals surface area contributed by atoms with Gasteiger partial charge in [0.25, 0.3) is 0 Å². The normalized spacial score (nSPS) is 10.6. The predicted octanol–water partition coefficient (Wildman–Crippen LogP) is 1.80. The number of nitrogens with one attached hydrogen (secondary N) is 1. The number of hydrogen-bond acceptors (Lipinski definition) is 3. The van der Waals surface area contributed by atoms with Crippen molar-refractivity contribution in [2.45, 2.75) is 13.8 Å². The molecule has 0 spiro atoms. The monoisotopic (exact) mass is 185 g/mol. The quantitative estimate of drug-likeness (QED) is 0.524. The predicted molar refractivity (Wildman–Crippen MR) is 50.1 cm³/mol. The smallest absolute Gasteiger partial charge is 0.411 e. The van der Waals surface area contributed by atoms with Gasteiger partial charge in [0.1, 0.15) is 0 Å². The molecule has 0 fully saturated rings. The van der Waals surface area contributed by atoms with Gasteiger partial charge in [-0.15, -0.1) is 0 Å². The first-order chi connectivity index (χ1) is 6.31. The maximum Gasteiger partial charge on any atom is 0.411 e. The van der Waals surface area contributed by atoms with Gasteiger partial charge in [-0.3, -0.25) is 5.32 Å². The summed E-state index contributed by atoms with van der Waals surface area (Å²) in [5.41, 5.74) is 0. The van der Waals surface area contributed by atoms with E-state index >= 15 is 0 Å². The molecule has 4 heteroatoms. The van der Waals surface area contributed by atoms with Gasteiger partial charge < -0.3 is 9.47 Å². The third-order valence-electron chi connectivity index (χ3n) is 1.03. The maximum absolute atomic E-state index is 10.7. The molecule has 0 bridgehead atoms. The summed E-state index contributed by atoms with van der Waals surface area (Å²) in [4.78, 5) is 10.7. The number of carbonyl (C=O) groups is 1. The first kappa shape index (κ1) is 11.6. The van der Waals surface area contributed by atoms with Crippen molar-refractivity contribution < 1.29 is 14.3 Å². The Bertz CT molecular complexity index is 187.